The van der Waals surface area contributed by atoms with Gasteiger partial charge in [0.2, 0.25) is 5.91 Å². The third-order valence-electron chi connectivity index (χ3n) is 6.14. The van der Waals surface area contributed by atoms with Crippen LogP contribution >= 0.6 is 0 Å². The Morgan fingerprint density at radius 3 is 2.47 bits per heavy atom. The summed E-state index contributed by atoms with van der Waals surface area (Å²) in [4.78, 5) is 12.3. The van der Waals surface area contributed by atoms with Crippen molar-refractivity contribution in [3.8, 4) is 28.7 Å². The number of carbonyl (C=O) groups is 1. The maximum absolute atomic E-state index is 12.3. The summed E-state index contributed by atoms with van der Waals surface area (Å²) in [5.41, 5.74) is 3.25. The zero-order valence-electron chi connectivity index (χ0n) is 20.1. The Morgan fingerprint density at radius 2 is 1.78 bits per heavy atom. The smallest absolute Gasteiger partial charge is 0.244 e. The molecule has 188 valence electrons. The van der Waals surface area contributed by atoms with Crippen molar-refractivity contribution in [3.63, 3.8) is 0 Å². The van der Waals surface area contributed by atoms with Crippen LogP contribution in [0.1, 0.15) is 34.3 Å². The number of fused-ring (bicyclic) bond motifs is 1. The average molecular weight is 492 g/mol. The van der Waals surface area contributed by atoms with Crippen LogP contribution in [0.3, 0.4) is 0 Å². The Hall–Kier alpha value is -4.17. The number of phenolic OH excluding ortho intramolecular Hbond substituents is 2. The standard InChI is InChI=1S/C28H29NO7/c1-34-24-15-19(6-9-23(24)32)27-22(16-30)21-13-18(14-25(35-2)28(21)36-27)5-10-26(33)29-12-11-17-3-7-20(31)8-4-17/h3-10,13-15,22,27,30-32H,11-12,16H2,1-2H3,(H,29,33)/t22-,27+/m1/s1. The molecule has 0 saturated heterocycles. The number of aromatic hydroxyl groups is 2. The monoisotopic (exact) mass is 491 g/mol. The molecular weight excluding hydrogens is 462 g/mol. The van der Waals surface area contributed by atoms with Crippen molar-refractivity contribution in [2.75, 3.05) is 27.4 Å². The molecule has 2 atom stereocenters. The molecule has 1 heterocycles. The second-order valence-corrected chi connectivity index (χ2v) is 8.44. The fraction of sp³-hybridized carbons (Fsp3) is 0.250. The number of nitrogens with one attached hydrogen (secondary N) is 1. The van der Waals surface area contributed by atoms with Gasteiger partial charge in [-0.2, -0.15) is 0 Å². The van der Waals surface area contributed by atoms with Crippen LogP contribution in [0, 0.1) is 0 Å². The van der Waals surface area contributed by atoms with Gasteiger partial charge < -0.3 is 34.8 Å². The summed E-state index contributed by atoms with van der Waals surface area (Å²) in [5, 5.41) is 32.3. The highest BCUT2D eigenvalue weighted by atomic mass is 16.5. The number of aliphatic hydroxyl groups excluding tert-OH is 1. The Kier molecular flexibility index (Phi) is 7.65. The van der Waals surface area contributed by atoms with Crippen molar-refractivity contribution in [3.05, 3.63) is 82.9 Å². The number of aliphatic hydroxyl groups is 1. The number of hydrogen-bond donors (Lipinski definition) is 4. The fourth-order valence-corrected chi connectivity index (χ4v) is 4.26. The molecule has 0 fully saturated rings. The van der Waals surface area contributed by atoms with E-state index in [-0.39, 0.29) is 29.9 Å². The molecular formula is C28H29NO7. The Bertz CT molecular complexity index is 1250. The van der Waals surface area contributed by atoms with Crippen molar-refractivity contribution in [2.24, 2.45) is 0 Å². The highest BCUT2D eigenvalue weighted by Gasteiger charge is 2.37. The number of ether oxygens (including phenoxy) is 3. The van der Waals surface area contributed by atoms with Crippen molar-refractivity contribution in [1.29, 1.82) is 0 Å². The molecule has 1 aliphatic rings. The van der Waals surface area contributed by atoms with Crippen LogP contribution in [-0.2, 0) is 11.2 Å². The molecule has 0 saturated carbocycles. The number of phenols is 2. The molecule has 1 amide bonds. The van der Waals surface area contributed by atoms with Gasteiger partial charge in [-0.25, -0.2) is 0 Å². The topological polar surface area (TPSA) is 117 Å². The van der Waals surface area contributed by atoms with Gasteiger partial charge in [0.1, 0.15) is 11.9 Å². The molecule has 36 heavy (non-hydrogen) atoms. The quantitative estimate of drug-likeness (QED) is 0.337. The maximum Gasteiger partial charge on any atom is 0.244 e. The van der Waals surface area contributed by atoms with Crippen LogP contribution in [0.25, 0.3) is 6.08 Å². The van der Waals surface area contributed by atoms with E-state index in [0.29, 0.717) is 30.2 Å². The van der Waals surface area contributed by atoms with Crippen LogP contribution in [0.15, 0.2) is 60.7 Å². The van der Waals surface area contributed by atoms with E-state index in [4.69, 9.17) is 14.2 Å². The number of methoxy groups -OCH3 is 2. The SMILES string of the molecule is COc1cc([C@@H]2Oc3c(OC)cc(C=CC(=O)NCCc4ccc(O)cc4)cc3[C@H]2CO)ccc1O. The first-order chi connectivity index (χ1) is 17.4. The molecule has 3 aromatic carbocycles. The minimum atomic E-state index is -0.504. The van der Waals surface area contributed by atoms with Gasteiger partial charge in [-0.15, -0.1) is 0 Å². The number of carbonyl (C=O) groups excluding carboxylic acids is 1. The second-order valence-electron chi connectivity index (χ2n) is 8.44. The molecule has 8 heteroatoms. The van der Waals surface area contributed by atoms with Gasteiger partial charge in [0.25, 0.3) is 0 Å². The predicted molar refractivity (Wildman–Crippen MR) is 135 cm³/mol. The molecule has 0 radical (unpaired) electrons. The summed E-state index contributed by atoms with van der Waals surface area (Å²) < 4.78 is 17.0. The number of benzene rings is 3. The average Bonchev–Trinajstić information content (AvgIpc) is 3.27. The largest absolute Gasteiger partial charge is 0.508 e. The minimum Gasteiger partial charge on any atom is -0.508 e. The van der Waals surface area contributed by atoms with Crippen LogP contribution in [0.4, 0.5) is 0 Å². The first kappa shape index (κ1) is 24.9. The van der Waals surface area contributed by atoms with E-state index in [1.165, 1.54) is 26.4 Å². The molecule has 0 unspecified atom stereocenters. The summed E-state index contributed by atoms with van der Waals surface area (Å²) in [7, 11) is 3.01. The normalized spacial score (nSPS) is 16.4. The number of rotatable bonds is 9. The van der Waals surface area contributed by atoms with Gasteiger partial charge in [-0.1, -0.05) is 18.2 Å². The first-order valence-electron chi connectivity index (χ1n) is 11.5. The number of hydrogen-bond acceptors (Lipinski definition) is 7. The lowest BCUT2D eigenvalue weighted by atomic mass is 9.90. The van der Waals surface area contributed by atoms with E-state index in [2.05, 4.69) is 5.32 Å². The Labute approximate surface area is 209 Å². The molecule has 0 aliphatic carbocycles. The van der Waals surface area contributed by atoms with E-state index >= 15 is 0 Å². The summed E-state index contributed by atoms with van der Waals surface area (Å²) in [6.07, 6.45) is 3.27. The van der Waals surface area contributed by atoms with Crippen molar-refractivity contribution >= 4 is 12.0 Å². The molecule has 8 nitrogen and oxygen atoms in total. The van der Waals surface area contributed by atoms with Crippen LogP contribution < -0.4 is 19.5 Å². The summed E-state index contributed by atoms with van der Waals surface area (Å²) in [6.45, 7) is 0.286. The van der Waals surface area contributed by atoms with Crippen LogP contribution in [0.5, 0.6) is 28.7 Å². The third kappa shape index (κ3) is 5.39. The Morgan fingerprint density at radius 1 is 1.03 bits per heavy atom. The van der Waals surface area contributed by atoms with Gasteiger partial charge in [0.15, 0.2) is 23.0 Å². The lowest BCUT2D eigenvalue weighted by Gasteiger charge is -2.18. The van der Waals surface area contributed by atoms with E-state index in [1.807, 2.05) is 18.2 Å². The first-order valence-corrected chi connectivity index (χ1v) is 11.5. The van der Waals surface area contributed by atoms with Gasteiger partial charge in [-0.05, 0) is 65.6 Å². The molecule has 0 aromatic heterocycles. The predicted octanol–water partition coefficient (Wildman–Crippen LogP) is 3.70. The molecule has 3 aromatic rings. The van der Waals surface area contributed by atoms with Crippen molar-refractivity contribution in [1.82, 2.24) is 5.32 Å². The van der Waals surface area contributed by atoms with Crippen LogP contribution in [-0.4, -0.2) is 48.6 Å². The van der Waals surface area contributed by atoms with Crippen molar-refractivity contribution < 1.29 is 34.3 Å². The molecule has 4 N–H and O–H groups in total. The lowest BCUT2D eigenvalue weighted by molar-refractivity contribution is -0.116. The lowest BCUT2D eigenvalue weighted by Crippen LogP contribution is -2.23. The van der Waals surface area contributed by atoms with Gasteiger partial charge in [0, 0.05) is 18.2 Å². The molecule has 0 bridgehead atoms. The van der Waals surface area contributed by atoms with E-state index in [9.17, 15) is 20.1 Å². The third-order valence-corrected chi connectivity index (χ3v) is 6.14. The zero-order valence-corrected chi connectivity index (χ0v) is 20.1. The highest BCUT2D eigenvalue weighted by molar-refractivity contribution is 5.91. The fourth-order valence-electron chi connectivity index (χ4n) is 4.26. The van der Waals surface area contributed by atoms with E-state index < -0.39 is 6.10 Å². The molecule has 0 spiro atoms. The number of amides is 1. The summed E-state index contributed by atoms with van der Waals surface area (Å²) >= 11 is 0. The van der Waals surface area contributed by atoms with Crippen molar-refractivity contribution in [2.45, 2.75) is 18.4 Å². The molecule has 4 rings (SSSR count). The van der Waals surface area contributed by atoms with Crippen LogP contribution in [0.2, 0.25) is 0 Å². The van der Waals surface area contributed by atoms with Gasteiger partial charge in [0.05, 0.1) is 26.7 Å². The zero-order chi connectivity index (χ0) is 25.7. The summed E-state index contributed by atoms with van der Waals surface area (Å²) in [6, 6.07) is 15.4. The second kappa shape index (κ2) is 11.0. The molecule has 1 aliphatic heterocycles. The maximum atomic E-state index is 12.3. The van der Waals surface area contributed by atoms with Gasteiger partial charge in [-0.3, -0.25) is 4.79 Å². The Balaban J connectivity index is 1.49. The summed E-state index contributed by atoms with van der Waals surface area (Å²) in [5.74, 6) is 0.946. The van der Waals surface area contributed by atoms with E-state index in [0.717, 1.165) is 22.3 Å². The van der Waals surface area contributed by atoms with E-state index in [1.54, 1.807) is 36.4 Å². The minimum absolute atomic E-state index is 0.0173. The highest BCUT2D eigenvalue weighted by Crippen LogP contribution is 2.51. The van der Waals surface area contributed by atoms with Gasteiger partial charge >= 0.3 is 0 Å².